The summed E-state index contributed by atoms with van der Waals surface area (Å²) in [6, 6.07) is 8.80. The molecule has 1 aliphatic heterocycles. The second-order valence-electron chi connectivity index (χ2n) is 9.82. The van der Waals surface area contributed by atoms with Gasteiger partial charge in [0, 0.05) is 5.56 Å². The minimum Gasteiger partial charge on any atom is -0.493 e. The average Bonchev–Trinajstić information content (AvgIpc) is 3.23. The molecule has 40 heavy (non-hydrogen) atoms. The van der Waals surface area contributed by atoms with Gasteiger partial charge >= 0.3 is 5.97 Å². The highest BCUT2D eigenvalue weighted by atomic mass is 35.5. The number of esters is 1. The number of carbonyl (C=O) groups is 1. The molecule has 0 N–H and O–H groups in total. The van der Waals surface area contributed by atoms with Crippen LogP contribution in [0.15, 0.2) is 57.5 Å². The summed E-state index contributed by atoms with van der Waals surface area (Å²) in [4.78, 5) is 32.2. The first-order chi connectivity index (χ1) is 19.2. The lowest BCUT2D eigenvalue weighted by atomic mass is 9.95. The molecule has 0 aliphatic carbocycles. The van der Waals surface area contributed by atoms with Crippen LogP contribution in [0, 0.1) is 11.7 Å². The van der Waals surface area contributed by atoms with Gasteiger partial charge in [0.2, 0.25) is 0 Å². The molecule has 0 fully saturated rings. The van der Waals surface area contributed by atoms with Crippen LogP contribution < -0.4 is 24.4 Å². The number of nitrogens with zero attached hydrogens (tertiary/aromatic N) is 2. The van der Waals surface area contributed by atoms with Crippen LogP contribution in [-0.2, 0) is 9.53 Å². The number of unbranched alkanes of at least 4 members (excludes halogenated alkanes) is 1. The second-order valence-corrected chi connectivity index (χ2v) is 11.2. The maximum absolute atomic E-state index is 14.6. The summed E-state index contributed by atoms with van der Waals surface area (Å²) in [5.41, 5.74) is 0.954. The van der Waals surface area contributed by atoms with Crippen molar-refractivity contribution in [2.24, 2.45) is 10.9 Å². The first kappa shape index (κ1) is 29.6. The Morgan fingerprint density at radius 3 is 2.70 bits per heavy atom. The topological polar surface area (TPSA) is 79.1 Å². The molecule has 0 saturated carbocycles. The fourth-order valence-electron chi connectivity index (χ4n) is 4.30. The fraction of sp³-hybridized carbons (Fsp3) is 0.367. The van der Waals surface area contributed by atoms with E-state index in [0.717, 1.165) is 24.2 Å². The minimum atomic E-state index is -0.854. The summed E-state index contributed by atoms with van der Waals surface area (Å²) in [6.45, 7) is 8.42. The molecule has 2 heterocycles. The summed E-state index contributed by atoms with van der Waals surface area (Å²) in [7, 11) is 1.54. The Morgan fingerprint density at radius 2 is 2.02 bits per heavy atom. The number of thiazole rings is 1. The molecule has 0 saturated heterocycles. The van der Waals surface area contributed by atoms with E-state index >= 15 is 0 Å². The number of halogens is 2. The standard InChI is InChI=1S/C30H32ClFN2O5S/c1-6-7-13-38-23-12-11-19(14-24(23)37-5)27-26(29(36)39-16-17(2)3)18(4)33-30-34(27)28(35)25(40-30)15-20-21(31)9-8-10-22(20)32/h8-12,14-15,17,27H,6-7,13,16H2,1-5H3. The third-order valence-electron chi connectivity index (χ3n) is 6.32. The third-order valence-corrected chi connectivity index (χ3v) is 7.64. The van der Waals surface area contributed by atoms with Crippen LogP contribution in [0.5, 0.6) is 11.5 Å². The van der Waals surface area contributed by atoms with Crippen molar-refractivity contribution in [1.82, 2.24) is 4.57 Å². The van der Waals surface area contributed by atoms with Gasteiger partial charge in [0.25, 0.3) is 5.56 Å². The third kappa shape index (κ3) is 6.15. The lowest BCUT2D eigenvalue weighted by Gasteiger charge is -2.25. The Kier molecular flexibility index (Phi) is 9.48. The SMILES string of the molecule is CCCCOc1ccc(C2C(C(=O)OCC(C)C)=C(C)N=c3sc(=Cc4c(F)cccc4Cl)c(=O)n32)cc1OC. The van der Waals surface area contributed by atoms with E-state index in [0.29, 0.717) is 34.2 Å². The molecule has 7 nitrogen and oxygen atoms in total. The molecule has 1 aliphatic rings. The van der Waals surface area contributed by atoms with Crippen LogP contribution in [0.3, 0.4) is 0 Å². The largest absolute Gasteiger partial charge is 0.493 e. The molecule has 3 aromatic rings. The van der Waals surface area contributed by atoms with Gasteiger partial charge in [-0.1, -0.05) is 62.3 Å². The highest BCUT2D eigenvalue weighted by Gasteiger charge is 2.34. The molecule has 0 spiro atoms. The molecule has 1 atom stereocenters. The van der Waals surface area contributed by atoms with E-state index in [-0.39, 0.29) is 33.2 Å². The highest BCUT2D eigenvalue weighted by molar-refractivity contribution is 7.07. The molecule has 0 amide bonds. The van der Waals surface area contributed by atoms with Crippen LogP contribution in [0.2, 0.25) is 5.02 Å². The minimum absolute atomic E-state index is 0.105. The summed E-state index contributed by atoms with van der Waals surface area (Å²) < 4.78 is 33.3. The van der Waals surface area contributed by atoms with E-state index < -0.39 is 23.4 Å². The maximum atomic E-state index is 14.6. The molecule has 2 aromatic carbocycles. The predicted octanol–water partition coefficient (Wildman–Crippen LogP) is 5.41. The van der Waals surface area contributed by atoms with Crippen molar-refractivity contribution in [1.29, 1.82) is 0 Å². The Labute approximate surface area is 241 Å². The van der Waals surface area contributed by atoms with E-state index in [9.17, 15) is 14.0 Å². The van der Waals surface area contributed by atoms with Crippen molar-refractivity contribution in [3.8, 4) is 11.5 Å². The first-order valence-corrected chi connectivity index (χ1v) is 14.3. The van der Waals surface area contributed by atoms with Crippen molar-refractivity contribution >= 4 is 35.0 Å². The van der Waals surface area contributed by atoms with Crippen LogP contribution in [0.1, 0.15) is 57.7 Å². The number of fused-ring (bicyclic) bond motifs is 1. The van der Waals surface area contributed by atoms with Crippen LogP contribution in [-0.4, -0.2) is 30.9 Å². The normalized spacial score (nSPS) is 15.2. The van der Waals surface area contributed by atoms with Gasteiger partial charge in [0.15, 0.2) is 16.3 Å². The van der Waals surface area contributed by atoms with E-state index in [2.05, 4.69) is 11.9 Å². The van der Waals surface area contributed by atoms with E-state index in [1.54, 1.807) is 31.2 Å². The van der Waals surface area contributed by atoms with Gasteiger partial charge < -0.3 is 14.2 Å². The molecule has 212 valence electrons. The number of methoxy groups -OCH3 is 1. The van der Waals surface area contributed by atoms with Gasteiger partial charge in [-0.15, -0.1) is 0 Å². The zero-order chi connectivity index (χ0) is 29.0. The van der Waals surface area contributed by atoms with Crippen LogP contribution in [0.25, 0.3) is 6.08 Å². The maximum Gasteiger partial charge on any atom is 0.338 e. The molecular weight excluding hydrogens is 555 g/mol. The number of allylic oxidation sites excluding steroid dienone is 1. The number of carbonyl (C=O) groups excluding carboxylic acids is 1. The molecule has 0 bridgehead atoms. The smallest absolute Gasteiger partial charge is 0.338 e. The number of benzene rings is 2. The molecule has 1 unspecified atom stereocenters. The van der Waals surface area contributed by atoms with E-state index in [4.69, 9.17) is 25.8 Å². The van der Waals surface area contributed by atoms with Crippen molar-refractivity contribution in [3.05, 3.63) is 89.3 Å². The molecular formula is C30H32ClFN2O5S. The van der Waals surface area contributed by atoms with Gasteiger partial charge in [-0.3, -0.25) is 9.36 Å². The Hall–Kier alpha value is -3.43. The number of rotatable bonds is 10. The van der Waals surface area contributed by atoms with Crippen molar-refractivity contribution in [3.63, 3.8) is 0 Å². The van der Waals surface area contributed by atoms with Crippen LogP contribution >= 0.6 is 22.9 Å². The van der Waals surface area contributed by atoms with Crippen molar-refractivity contribution in [2.75, 3.05) is 20.3 Å². The number of hydrogen-bond donors (Lipinski definition) is 0. The monoisotopic (exact) mass is 586 g/mol. The molecule has 1 aromatic heterocycles. The van der Waals surface area contributed by atoms with E-state index in [1.807, 2.05) is 13.8 Å². The lowest BCUT2D eigenvalue weighted by Crippen LogP contribution is -2.40. The fourth-order valence-corrected chi connectivity index (χ4v) is 5.54. The number of aromatic nitrogens is 1. The Balaban J connectivity index is 1.91. The van der Waals surface area contributed by atoms with Gasteiger partial charge in [-0.05, 0) is 55.2 Å². The van der Waals surface area contributed by atoms with Gasteiger partial charge in [0.05, 0.1) is 47.2 Å². The Bertz CT molecular complexity index is 1610. The summed E-state index contributed by atoms with van der Waals surface area (Å²) in [5, 5.41) is 0.180. The van der Waals surface area contributed by atoms with E-state index in [1.165, 1.54) is 29.9 Å². The quantitative estimate of drug-likeness (QED) is 0.234. The van der Waals surface area contributed by atoms with Gasteiger partial charge in [0.1, 0.15) is 5.82 Å². The lowest BCUT2D eigenvalue weighted by molar-refractivity contribution is -0.140. The zero-order valence-corrected chi connectivity index (χ0v) is 24.7. The predicted molar refractivity (Wildman–Crippen MR) is 154 cm³/mol. The van der Waals surface area contributed by atoms with Crippen molar-refractivity contribution < 1.29 is 23.4 Å². The average molecular weight is 587 g/mol. The van der Waals surface area contributed by atoms with Crippen LogP contribution in [0.4, 0.5) is 4.39 Å². The summed E-state index contributed by atoms with van der Waals surface area (Å²) >= 11 is 7.33. The highest BCUT2D eigenvalue weighted by Crippen LogP contribution is 2.36. The molecule has 10 heteroatoms. The second kappa shape index (κ2) is 12.8. The number of ether oxygens (including phenoxy) is 3. The molecule has 4 rings (SSSR count). The summed E-state index contributed by atoms with van der Waals surface area (Å²) in [6.07, 6.45) is 3.29. The number of hydrogen-bond acceptors (Lipinski definition) is 7. The molecule has 0 radical (unpaired) electrons. The van der Waals surface area contributed by atoms with Crippen molar-refractivity contribution in [2.45, 2.75) is 46.6 Å². The summed E-state index contributed by atoms with van der Waals surface area (Å²) in [5.74, 6) is 0.0417. The Morgan fingerprint density at radius 1 is 1.25 bits per heavy atom. The zero-order valence-electron chi connectivity index (χ0n) is 23.1. The van der Waals surface area contributed by atoms with Gasteiger partial charge in [-0.25, -0.2) is 14.2 Å². The van der Waals surface area contributed by atoms with Gasteiger partial charge in [-0.2, -0.15) is 0 Å². The first-order valence-electron chi connectivity index (χ1n) is 13.1.